The average molecular weight is 251 g/mol. The smallest absolute Gasteiger partial charge is 0.311 e. The van der Waals surface area contributed by atoms with Crippen molar-refractivity contribution in [2.24, 2.45) is 5.41 Å². The van der Waals surface area contributed by atoms with Crippen molar-refractivity contribution in [3.05, 3.63) is 11.6 Å². The molecule has 0 atom stereocenters. The van der Waals surface area contributed by atoms with Gasteiger partial charge in [-0.3, -0.25) is 19.3 Å². The lowest BCUT2D eigenvalue weighted by molar-refractivity contribution is -0.154. The van der Waals surface area contributed by atoms with E-state index >= 15 is 0 Å². The molecular weight excluding hydrogens is 234 g/mol. The van der Waals surface area contributed by atoms with Crippen molar-refractivity contribution in [1.29, 1.82) is 0 Å². The Morgan fingerprint density at radius 3 is 2.39 bits per heavy atom. The third-order valence-electron chi connectivity index (χ3n) is 3.91. The number of carboxylic acid groups (broad SMARTS) is 1. The summed E-state index contributed by atoms with van der Waals surface area (Å²) in [6.45, 7) is 1.59. The van der Waals surface area contributed by atoms with Gasteiger partial charge in [0.05, 0.1) is 5.41 Å². The summed E-state index contributed by atoms with van der Waals surface area (Å²) in [4.78, 5) is 36.0. The van der Waals surface area contributed by atoms with Crippen molar-refractivity contribution >= 4 is 17.8 Å². The predicted molar refractivity (Wildman–Crippen MR) is 63.6 cm³/mol. The van der Waals surface area contributed by atoms with Crippen LogP contribution in [-0.4, -0.2) is 34.3 Å². The predicted octanol–water partition coefficient (Wildman–Crippen LogP) is 1.34. The van der Waals surface area contributed by atoms with E-state index in [0.29, 0.717) is 18.4 Å². The first-order chi connectivity index (χ1) is 8.46. The molecule has 1 N–H and O–H groups in total. The summed E-state index contributed by atoms with van der Waals surface area (Å²) in [6.07, 6.45) is 5.07. The molecule has 0 radical (unpaired) electrons. The van der Waals surface area contributed by atoms with Gasteiger partial charge < -0.3 is 5.11 Å². The Bertz CT molecular complexity index is 432. The standard InChI is InChI=1S/C13H17NO4/c1-9-7-10(15)14(11(9)16)8-13(12(17)18)5-3-2-4-6-13/h7H,2-6,8H2,1H3,(H,17,18). The molecule has 2 rings (SSSR count). The quantitative estimate of drug-likeness (QED) is 0.768. The summed E-state index contributed by atoms with van der Waals surface area (Å²) in [6, 6.07) is 0. The number of aliphatic carboxylic acids is 1. The molecule has 18 heavy (non-hydrogen) atoms. The average Bonchev–Trinajstić information content (AvgIpc) is 2.57. The van der Waals surface area contributed by atoms with Crippen molar-refractivity contribution in [3.8, 4) is 0 Å². The Morgan fingerprint density at radius 2 is 1.94 bits per heavy atom. The van der Waals surface area contributed by atoms with Gasteiger partial charge in [0.2, 0.25) is 0 Å². The fourth-order valence-electron chi connectivity index (χ4n) is 2.76. The third-order valence-corrected chi connectivity index (χ3v) is 3.91. The molecular formula is C13H17NO4. The van der Waals surface area contributed by atoms with Gasteiger partial charge in [0.1, 0.15) is 0 Å². The molecule has 0 spiro atoms. The van der Waals surface area contributed by atoms with Crippen LogP contribution in [0.2, 0.25) is 0 Å². The van der Waals surface area contributed by atoms with E-state index in [-0.39, 0.29) is 18.4 Å². The van der Waals surface area contributed by atoms with E-state index in [0.717, 1.165) is 24.2 Å². The van der Waals surface area contributed by atoms with E-state index < -0.39 is 11.4 Å². The molecule has 5 heteroatoms. The summed E-state index contributed by atoms with van der Waals surface area (Å²) in [7, 11) is 0. The molecule has 0 aromatic carbocycles. The van der Waals surface area contributed by atoms with Crippen molar-refractivity contribution in [3.63, 3.8) is 0 Å². The zero-order chi connectivity index (χ0) is 13.3. The van der Waals surface area contributed by atoms with Gasteiger partial charge in [0.15, 0.2) is 0 Å². The van der Waals surface area contributed by atoms with E-state index in [4.69, 9.17) is 0 Å². The fraction of sp³-hybridized carbons (Fsp3) is 0.615. The van der Waals surface area contributed by atoms with Gasteiger partial charge in [-0.25, -0.2) is 0 Å². The molecule has 98 valence electrons. The molecule has 1 fully saturated rings. The van der Waals surface area contributed by atoms with Crippen LogP contribution < -0.4 is 0 Å². The van der Waals surface area contributed by atoms with Crippen LogP contribution in [0, 0.1) is 5.41 Å². The number of hydrogen-bond donors (Lipinski definition) is 1. The number of carbonyl (C=O) groups excluding carboxylic acids is 2. The van der Waals surface area contributed by atoms with Crippen molar-refractivity contribution in [2.75, 3.05) is 6.54 Å². The minimum Gasteiger partial charge on any atom is -0.481 e. The van der Waals surface area contributed by atoms with Gasteiger partial charge in [0, 0.05) is 18.2 Å². The molecule has 5 nitrogen and oxygen atoms in total. The summed E-state index contributed by atoms with van der Waals surface area (Å²) >= 11 is 0. The molecule has 0 unspecified atom stereocenters. The highest BCUT2D eigenvalue weighted by molar-refractivity contribution is 6.16. The maximum atomic E-state index is 11.8. The number of amides is 2. The Labute approximate surface area is 105 Å². The number of rotatable bonds is 3. The van der Waals surface area contributed by atoms with Crippen molar-refractivity contribution in [1.82, 2.24) is 4.90 Å². The molecule has 0 aromatic heterocycles. The fourth-order valence-corrected chi connectivity index (χ4v) is 2.76. The molecule has 0 saturated heterocycles. The van der Waals surface area contributed by atoms with Crippen LogP contribution >= 0.6 is 0 Å². The minimum atomic E-state index is -0.942. The summed E-state index contributed by atoms with van der Waals surface area (Å²) in [5, 5.41) is 9.42. The highest BCUT2D eigenvalue weighted by atomic mass is 16.4. The van der Waals surface area contributed by atoms with E-state index in [9.17, 15) is 19.5 Å². The van der Waals surface area contributed by atoms with Gasteiger partial charge >= 0.3 is 5.97 Å². The maximum absolute atomic E-state index is 11.8. The van der Waals surface area contributed by atoms with E-state index in [1.54, 1.807) is 6.92 Å². The Morgan fingerprint density at radius 1 is 1.33 bits per heavy atom. The molecule has 1 saturated carbocycles. The van der Waals surface area contributed by atoms with E-state index in [2.05, 4.69) is 0 Å². The molecule has 1 aliphatic heterocycles. The van der Waals surface area contributed by atoms with E-state index in [1.165, 1.54) is 6.08 Å². The molecule has 0 aromatic rings. The molecule has 2 aliphatic rings. The van der Waals surface area contributed by atoms with Crippen LogP contribution in [0.15, 0.2) is 11.6 Å². The second-order valence-corrected chi connectivity index (χ2v) is 5.20. The zero-order valence-corrected chi connectivity index (χ0v) is 10.4. The van der Waals surface area contributed by atoms with Crippen LogP contribution in [-0.2, 0) is 14.4 Å². The monoisotopic (exact) mass is 251 g/mol. The van der Waals surface area contributed by atoms with Crippen LogP contribution in [0.1, 0.15) is 39.0 Å². The van der Waals surface area contributed by atoms with Gasteiger partial charge in [-0.15, -0.1) is 0 Å². The highest BCUT2D eigenvalue weighted by Gasteiger charge is 2.44. The topological polar surface area (TPSA) is 74.7 Å². The SMILES string of the molecule is CC1=CC(=O)N(CC2(C(=O)O)CCCCC2)C1=O. The third kappa shape index (κ3) is 2.05. The van der Waals surface area contributed by atoms with Gasteiger partial charge in [-0.2, -0.15) is 0 Å². The number of hydrogen-bond acceptors (Lipinski definition) is 3. The molecule has 1 heterocycles. The number of carboxylic acids is 1. The minimum absolute atomic E-state index is 0.00778. The maximum Gasteiger partial charge on any atom is 0.311 e. The van der Waals surface area contributed by atoms with Crippen molar-refractivity contribution in [2.45, 2.75) is 39.0 Å². The second-order valence-electron chi connectivity index (χ2n) is 5.20. The summed E-state index contributed by atoms with van der Waals surface area (Å²) in [5.74, 6) is -1.64. The molecule has 1 aliphatic carbocycles. The molecule has 2 amide bonds. The first-order valence-electron chi connectivity index (χ1n) is 6.24. The molecule has 0 bridgehead atoms. The summed E-state index contributed by atoms with van der Waals surface area (Å²) < 4.78 is 0. The lowest BCUT2D eigenvalue weighted by Gasteiger charge is -2.35. The number of nitrogens with zero attached hydrogens (tertiary/aromatic N) is 1. The van der Waals surface area contributed by atoms with Crippen LogP contribution in [0.5, 0.6) is 0 Å². The summed E-state index contributed by atoms with van der Waals surface area (Å²) in [5.41, 5.74) is -0.557. The lowest BCUT2D eigenvalue weighted by atomic mass is 9.73. The van der Waals surface area contributed by atoms with E-state index in [1.807, 2.05) is 0 Å². The highest BCUT2D eigenvalue weighted by Crippen LogP contribution is 2.38. The number of imide groups is 1. The Hall–Kier alpha value is -1.65. The Kier molecular flexibility index (Phi) is 3.24. The first kappa shape index (κ1) is 12.8. The van der Waals surface area contributed by atoms with Crippen LogP contribution in [0.3, 0.4) is 0 Å². The normalized spacial score (nSPS) is 23.2. The van der Waals surface area contributed by atoms with Gasteiger partial charge in [-0.1, -0.05) is 19.3 Å². The largest absolute Gasteiger partial charge is 0.481 e. The zero-order valence-electron chi connectivity index (χ0n) is 10.4. The first-order valence-corrected chi connectivity index (χ1v) is 6.24. The van der Waals surface area contributed by atoms with Gasteiger partial charge in [0.25, 0.3) is 11.8 Å². The lowest BCUT2D eigenvalue weighted by Crippen LogP contribution is -2.46. The van der Waals surface area contributed by atoms with Gasteiger partial charge in [-0.05, 0) is 19.8 Å². The van der Waals surface area contributed by atoms with Crippen LogP contribution in [0.4, 0.5) is 0 Å². The Balaban J connectivity index is 2.18. The van der Waals surface area contributed by atoms with Crippen molar-refractivity contribution < 1.29 is 19.5 Å². The number of carbonyl (C=O) groups is 3. The second kappa shape index (κ2) is 4.55. The van der Waals surface area contributed by atoms with Crippen LogP contribution in [0.25, 0.3) is 0 Å².